The van der Waals surface area contributed by atoms with Crippen LogP contribution in [0.1, 0.15) is 21.8 Å². The van der Waals surface area contributed by atoms with Crippen LogP contribution in [0.5, 0.6) is 0 Å². The highest BCUT2D eigenvalue weighted by Gasteiger charge is 2.19. The largest absolute Gasteiger partial charge is 0.478 e. The summed E-state index contributed by atoms with van der Waals surface area (Å²) in [5.74, 6) is -0.826. The first kappa shape index (κ1) is 13.5. The maximum absolute atomic E-state index is 10.9. The zero-order chi connectivity index (χ0) is 14.7. The van der Waals surface area contributed by atoms with Crippen molar-refractivity contribution in [1.29, 1.82) is 0 Å². The van der Waals surface area contributed by atoms with E-state index in [0.717, 1.165) is 12.3 Å². The molecule has 0 atom stereocenters. The van der Waals surface area contributed by atoms with E-state index in [1.54, 1.807) is 13.0 Å². The van der Waals surface area contributed by atoms with E-state index in [9.17, 15) is 14.9 Å². The number of nitrogens with one attached hydrogen (secondary N) is 1. The van der Waals surface area contributed by atoms with Crippen molar-refractivity contribution >= 4 is 17.5 Å². The van der Waals surface area contributed by atoms with Gasteiger partial charge < -0.3 is 14.9 Å². The molecule has 2 N–H and O–H groups in total. The molecule has 0 aliphatic rings. The molecule has 2 aromatic rings. The van der Waals surface area contributed by atoms with Crippen LogP contribution in [0.25, 0.3) is 0 Å². The summed E-state index contributed by atoms with van der Waals surface area (Å²) < 4.78 is 4.94. The molecule has 20 heavy (non-hydrogen) atoms. The predicted octanol–water partition coefficient (Wildman–Crippen LogP) is 1.60. The summed E-state index contributed by atoms with van der Waals surface area (Å²) in [6.45, 7) is 1.90. The van der Waals surface area contributed by atoms with Crippen molar-refractivity contribution in [2.75, 3.05) is 5.32 Å². The van der Waals surface area contributed by atoms with Crippen molar-refractivity contribution in [1.82, 2.24) is 10.1 Å². The summed E-state index contributed by atoms with van der Waals surface area (Å²) in [5.41, 5.74) is 0.0179. The van der Waals surface area contributed by atoms with E-state index in [-0.39, 0.29) is 17.9 Å². The van der Waals surface area contributed by atoms with Gasteiger partial charge in [0.15, 0.2) is 5.76 Å². The fourth-order valence-corrected chi connectivity index (χ4v) is 1.52. The van der Waals surface area contributed by atoms with Gasteiger partial charge in [0, 0.05) is 18.3 Å². The van der Waals surface area contributed by atoms with Crippen LogP contribution in [0, 0.1) is 17.0 Å². The number of rotatable bonds is 5. The second-order valence-corrected chi connectivity index (χ2v) is 3.94. The Hall–Kier alpha value is -2.97. The Morgan fingerprint density at radius 1 is 1.55 bits per heavy atom. The minimum Gasteiger partial charge on any atom is -0.478 e. The molecule has 0 amide bonds. The van der Waals surface area contributed by atoms with Crippen LogP contribution in [0.3, 0.4) is 0 Å². The Bertz CT molecular complexity index is 667. The molecule has 104 valence electrons. The first-order chi connectivity index (χ1) is 9.47. The maximum Gasteiger partial charge on any atom is 0.337 e. The van der Waals surface area contributed by atoms with Crippen molar-refractivity contribution in [3.05, 3.63) is 45.5 Å². The molecule has 0 saturated heterocycles. The highest BCUT2D eigenvalue weighted by Crippen LogP contribution is 2.23. The van der Waals surface area contributed by atoms with Crippen molar-refractivity contribution in [2.45, 2.75) is 13.5 Å². The Labute approximate surface area is 112 Å². The van der Waals surface area contributed by atoms with Crippen molar-refractivity contribution in [2.24, 2.45) is 0 Å². The summed E-state index contributed by atoms with van der Waals surface area (Å²) in [4.78, 5) is 24.7. The number of carbonyl (C=O) groups is 1. The third-order valence-corrected chi connectivity index (χ3v) is 2.42. The summed E-state index contributed by atoms with van der Waals surface area (Å²) >= 11 is 0. The number of anilines is 1. The van der Waals surface area contributed by atoms with E-state index in [1.807, 2.05) is 0 Å². The Balaban J connectivity index is 2.22. The van der Waals surface area contributed by atoms with Crippen LogP contribution in [-0.4, -0.2) is 26.1 Å². The number of nitrogens with zero attached hydrogens (tertiary/aromatic N) is 3. The number of aryl methyl sites for hydroxylation is 1. The monoisotopic (exact) mass is 278 g/mol. The SMILES string of the molecule is Cc1cc(CNc2ncc(C(=O)O)cc2[N+](=O)[O-])on1. The molecule has 0 radical (unpaired) electrons. The van der Waals surface area contributed by atoms with Gasteiger partial charge in [-0.15, -0.1) is 0 Å². The van der Waals surface area contributed by atoms with Gasteiger partial charge in [0.05, 0.1) is 22.7 Å². The third kappa shape index (κ3) is 2.88. The topological polar surface area (TPSA) is 131 Å². The number of carboxylic acid groups (broad SMARTS) is 1. The van der Waals surface area contributed by atoms with Gasteiger partial charge in [-0.1, -0.05) is 5.16 Å². The minimum absolute atomic E-state index is 0.0333. The van der Waals surface area contributed by atoms with Gasteiger partial charge in [-0.25, -0.2) is 9.78 Å². The van der Waals surface area contributed by atoms with E-state index in [4.69, 9.17) is 9.63 Å². The van der Waals surface area contributed by atoms with Gasteiger partial charge in [-0.05, 0) is 6.92 Å². The van der Waals surface area contributed by atoms with Crippen molar-refractivity contribution < 1.29 is 19.3 Å². The average Bonchev–Trinajstić information content (AvgIpc) is 2.81. The number of hydrogen-bond donors (Lipinski definition) is 2. The lowest BCUT2D eigenvalue weighted by molar-refractivity contribution is -0.384. The summed E-state index contributed by atoms with van der Waals surface area (Å²) in [6, 6.07) is 2.62. The van der Waals surface area contributed by atoms with E-state index in [1.165, 1.54) is 0 Å². The highest BCUT2D eigenvalue weighted by molar-refractivity contribution is 5.88. The van der Waals surface area contributed by atoms with Gasteiger partial charge >= 0.3 is 11.7 Å². The number of aromatic carboxylic acids is 1. The minimum atomic E-state index is -1.28. The van der Waals surface area contributed by atoms with Crippen molar-refractivity contribution in [3.63, 3.8) is 0 Å². The molecule has 0 spiro atoms. The normalized spacial score (nSPS) is 10.2. The van der Waals surface area contributed by atoms with Gasteiger partial charge in [0.25, 0.3) is 0 Å². The quantitative estimate of drug-likeness (QED) is 0.622. The molecule has 0 aliphatic carbocycles. The fraction of sp³-hybridized carbons (Fsp3) is 0.182. The van der Waals surface area contributed by atoms with Crippen LogP contribution < -0.4 is 5.32 Å². The lowest BCUT2D eigenvalue weighted by Gasteiger charge is -2.04. The Morgan fingerprint density at radius 3 is 2.85 bits per heavy atom. The standard InChI is InChI=1S/C11H10N4O5/c1-6-2-8(20-14-6)5-13-10-9(15(18)19)3-7(4-12-10)11(16)17/h2-4H,5H2,1H3,(H,12,13)(H,16,17). The molecular weight excluding hydrogens is 268 g/mol. The third-order valence-electron chi connectivity index (χ3n) is 2.42. The fourth-order valence-electron chi connectivity index (χ4n) is 1.52. The van der Waals surface area contributed by atoms with E-state index < -0.39 is 16.6 Å². The zero-order valence-electron chi connectivity index (χ0n) is 10.4. The van der Waals surface area contributed by atoms with Crippen LogP contribution in [0.15, 0.2) is 22.9 Å². The number of hydrogen-bond acceptors (Lipinski definition) is 7. The number of nitro groups is 1. The summed E-state index contributed by atoms with van der Waals surface area (Å²) in [7, 11) is 0. The summed E-state index contributed by atoms with van der Waals surface area (Å²) in [6.07, 6.45) is 1.04. The van der Waals surface area contributed by atoms with Crippen LogP contribution in [0.4, 0.5) is 11.5 Å². The molecule has 0 bridgehead atoms. The van der Waals surface area contributed by atoms with Gasteiger partial charge in [-0.3, -0.25) is 10.1 Å². The molecule has 0 saturated carbocycles. The molecule has 2 rings (SSSR count). The molecule has 9 nitrogen and oxygen atoms in total. The van der Waals surface area contributed by atoms with Crippen LogP contribution >= 0.6 is 0 Å². The number of pyridine rings is 1. The predicted molar refractivity (Wildman–Crippen MR) is 66.4 cm³/mol. The van der Waals surface area contributed by atoms with E-state index >= 15 is 0 Å². The second-order valence-electron chi connectivity index (χ2n) is 3.94. The average molecular weight is 278 g/mol. The first-order valence-corrected chi connectivity index (χ1v) is 5.51. The number of aromatic nitrogens is 2. The second kappa shape index (κ2) is 5.34. The lowest BCUT2D eigenvalue weighted by atomic mass is 10.2. The lowest BCUT2D eigenvalue weighted by Crippen LogP contribution is -2.06. The molecule has 0 aromatic carbocycles. The number of carboxylic acids is 1. The molecular formula is C11H10N4O5. The summed E-state index contributed by atoms with van der Waals surface area (Å²) in [5, 5.41) is 26.1. The van der Waals surface area contributed by atoms with Crippen LogP contribution in [-0.2, 0) is 6.54 Å². The Kier molecular flexibility index (Phi) is 3.60. The molecule has 2 aromatic heterocycles. The highest BCUT2D eigenvalue weighted by atomic mass is 16.6. The first-order valence-electron chi connectivity index (χ1n) is 5.51. The van der Waals surface area contributed by atoms with E-state index in [2.05, 4.69) is 15.5 Å². The molecule has 0 unspecified atom stereocenters. The van der Waals surface area contributed by atoms with Crippen molar-refractivity contribution in [3.8, 4) is 0 Å². The van der Waals surface area contributed by atoms with Crippen LogP contribution in [0.2, 0.25) is 0 Å². The zero-order valence-corrected chi connectivity index (χ0v) is 10.4. The molecule has 9 heteroatoms. The smallest absolute Gasteiger partial charge is 0.337 e. The Morgan fingerprint density at radius 2 is 2.30 bits per heavy atom. The van der Waals surface area contributed by atoms with Gasteiger partial charge in [0.1, 0.15) is 0 Å². The molecule has 2 heterocycles. The van der Waals surface area contributed by atoms with Gasteiger partial charge in [0.2, 0.25) is 5.82 Å². The maximum atomic E-state index is 10.9. The van der Waals surface area contributed by atoms with Gasteiger partial charge in [-0.2, -0.15) is 0 Å². The molecule has 0 fully saturated rings. The molecule has 0 aliphatic heterocycles. The van der Waals surface area contributed by atoms with E-state index in [0.29, 0.717) is 11.5 Å².